The minimum Gasteiger partial charge on any atom is -0.360 e. The minimum absolute atomic E-state index is 0.196. The minimum atomic E-state index is -4.48. The zero-order valence-electron chi connectivity index (χ0n) is 18.0. The van der Waals surface area contributed by atoms with E-state index in [0.29, 0.717) is 36.3 Å². The molecule has 3 aromatic heterocycles. The fourth-order valence-electron chi connectivity index (χ4n) is 4.16. The predicted molar refractivity (Wildman–Crippen MR) is 118 cm³/mol. The largest absolute Gasteiger partial charge is 0.417 e. The van der Waals surface area contributed by atoms with Gasteiger partial charge in [0.1, 0.15) is 5.82 Å². The highest BCUT2D eigenvalue weighted by Crippen LogP contribution is 2.31. The molecule has 1 amide bonds. The van der Waals surface area contributed by atoms with Crippen LogP contribution in [0.2, 0.25) is 0 Å². The van der Waals surface area contributed by atoms with Crippen molar-refractivity contribution in [2.45, 2.75) is 19.5 Å². The summed E-state index contributed by atoms with van der Waals surface area (Å²) in [6, 6.07) is 6.76. The van der Waals surface area contributed by atoms with Gasteiger partial charge in [-0.05, 0) is 49.2 Å². The SMILES string of the molecule is Cc1c(C(=O)N2CC=C(c3c[nH]c4cc(F)ccc34)CC2)cnn1-c1ccc(C(F)(F)F)cn1. The molecule has 0 aliphatic carbocycles. The number of aromatic amines is 1. The maximum Gasteiger partial charge on any atom is 0.417 e. The van der Waals surface area contributed by atoms with E-state index < -0.39 is 11.7 Å². The van der Waals surface area contributed by atoms with E-state index in [4.69, 9.17) is 0 Å². The van der Waals surface area contributed by atoms with Crippen LogP contribution in [0.15, 0.2) is 55.0 Å². The number of pyridine rings is 1. The fraction of sp³-hybridized carbons (Fsp3) is 0.208. The van der Waals surface area contributed by atoms with Crippen molar-refractivity contribution in [2.75, 3.05) is 13.1 Å². The molecule has 10 heteroatoms. The Labute approximate surface area is 191 Å². The Morgan fingerprint density at radius 1 is 1.15 bits per heavy atom. The number of nitrogens with zero attached hydrogens (tertiary/aromatic N) is 4. The first kappa shape index (κ1) is 21.9. The summed E-state index contributed by atoms with van der Waals surface area (Å²) in [5.74, 6) is -0.328. The molecule has 34 heavy (non-hydrogen) atoms. The van der Waals surface area contributed by atoms with Gasteiger partial charge in [-0.2, -0.15) is 18.3 Å². The molecule has 6 nitrogen and oxygen atoms in total. The summed E-state index contributed by atoms with van der Waals surface area (Å²) in [6.45, 7) is 2.56. The molecular weight excluding hydrogens is 450 g/mol. The second kappa shape index (κ2) is 8.12. The van der Waals surface area contributed by atoms with Crippen molar-refractivity contribution >= 4 is 22.4 Å². The molecule has 174 valence electrons. The maximum absolute atomic E-state index is 13.5. The van der Waals surface area contributed by atoms with Crippen LogP contribution in [0.25, 0.3) is 22.3 Å². The Bertz CT molecular complexity index is 1420. The molecule has 0 atom stereocenters. The lowest BCUT2D eigenvalue weighted by molar-refractivity contribution is -0.137. The third kappa shape index (κ3) is 3.85. The van der Waals surface area contributed by atoms with E-state index >= 15 is 0 Å². The monoisotopic (exact) mass is 469 g/mol. The molecule has 1 N–H and O–H groups in total. The molecule has 0 fully saturated rings. The average Bonchev–Trinajstić information content (AvgIpc) is 3.41. The van der Waals surface area contributed by atoms with Crippen molar-refractivity contribution in [1.82, 2.24) is 24.6 Å². The fourth-order valence-corrected chi connectivity index (χ4v) is 4.16. The van der Waals surface area contributed by atoms with Crippen LogP contribution in [0.5, 0.6) is 0 Å². The Kier molecular flexibility index (Phi) is 5.22. The van der Waals surface area contributed by atoms with Crippen LogP contribution in [0.3, 0.4) is 0 Å². The highest BCUT2D eigenvalue weighted by Gasteiger charge is 2.31. The quantitative estimate of drug-likeness (QED) is 0.423. The lowest BCUT2D eigenvalue weighted by Gasteiger charge is -2.26. The summed E-state index contributed by atoms with van der Waals surface area (Å²) in [4.78, 5) is 21.7. The molecule has 4 aromatic rings. The number of benzene rings is 1. The van der Waals surface area contributed by atoms with Crippen molar-refractivity contribution in [3.8, 4) is 5.82 Å². The molecular formula is C24H19F4N5O. The van der Waals surface area contributed by atoms with Gasteiger partial charge in [0.05, 0.1) is 23.0 Å². The number of amides is 1. The van der Waals surface area contributed by atoms with Gasteiger partial charge in [0, 0.05) is 41.9 Å². The van der Waals surface area contributed by atoms with Crippen molar-refractivity contribution in [3.63, 3.8) is 0 Å². The number of carbonyl (C=O) groups is 1. The van der Waals surface area contributed by atoms with E-state index in [1.54, 1.807) is 17.9 Å². The Balaban J connectivity index is 1.34. The first-order chi connectivity index (χ1) is 16.2. The summed E-state index contributed by atoms with van der Waals surface area (Å²) in [5, 5.41) is 5.09. The summed E-state index contributed by atoms with van der Waals surface area (Å²) >= 11 is 0. The van der Waals surface area contributed by atoms with E-state index in [-0.39, 0.29) is 17.5 Å². The first-order valence-electron chi connectivity index (χ1n) is 10.6. The van der Waals surface area contributed by atoms with Gasteiger partial charge in [-0.25, -0.2) is 14.1 Å². The molecule has 4 heterocycles. The number of alkyl halides is 3. The van der Waals surface area contributed by atoms with Crippen molar-refractivity contribution in [1.29, 1.82) is 0 Å². The van der Waals surface area contributed by atoms with E-state index in [1.165, 1.54) is 29.1 Å². The highest BCUT2D eigenvalue weighted by atomic mass is 19.4. The van der Waals surface area contributed by atoms with Crippen LogP contribution in [-0.4, -0.2) is 43.6 Å². The summed E-state index contributed by atoms with van der Waals surface area (Å²) in [5.41, 5.74) is 2.78. The van der Waals surface area contributed by atoms with Crippen molar-refractivity contribution in [3.05, 3.63) is 83.2 Å². The topological polar surface area (TPSA) is 66.8 Å². The Hall–Kier alpha value is -3.95. The zero-order valence-corrected chi connectivity index (χ0v) is 18.0. The van der Waals surface area contributed by atoms with Gasteiger partial charge in [0.2, 0.25) is 0 Å². The Morgan fingerprint density at radius 3 is 2.65 bits per heavy atom. The molecule has 1 aromatic carbocycles. The van der Waals surface area contributed by atoms with Crippen LogP contribution >= 0.6 is 0 Å². The molecule has 0 unspecified atom stereocenters. The second-order valence-electron chi connectivity index (χ2n) is 8.08. The van der Waals surface area contributed by atoms with Crippen molar-refractivity contribution in [2.24, 2.45) is 0 Å². The molecule has 0 saturated carbocycles. The molecule has 0 radical (unpaired) electrons. The number of nitrogens with one attached hydrogen (secondary N) is 1. The smallest absolute Gasteiger partial charge is 0.360 e. The van der Waals surface area contributed by atoms with Gasteiger partial charge in [0.25, 0.3) is 5.91 Å². The third-order valence-electron chi connectivity index (χ3n) is 6.02. The van der Waals surface area contributed by atoms with E-state index in [2.05, 4.69) is 15.1 Å². The van der Waals surface area contributed by atoms with Gasteiger partial charge in [-0.1, -0.05) is 6.08 Å². The molecule has 0 saturated heterocycles. The van der Waals surface area contributed by atoms with Gasteiger partial charge in [0.15, 0.2) is 5.82 Å². The molecule has 1 aliphatic heterocycles. The summed E-state index contributed by atoms with van der Waals surface area (Å²) in [7, 11) is 0. The van der Waals surface area contributed by atoms with Crippen LogP contribution in [-0.2, 0) is 6.18 Å². The van der Waals surface area contributed by atoms with Crippen LogP contribution in [0, 0.1) is 12.7 Å². The first-order valence-corrected chi connectivity index (χ1v) is 10.6. The van der Waals surface area contributed by atoms with Crippen LogP contribution in [0.4, 0.5) is 17.6 Å². The van der Waals surface area contributed by atoms with Gasteiger partial charge in [-0.15, -0.1) is 0 Å². The number of carbonyl (C=O) groups excluding carboxylic acids is 1. The molecule has 0 bridgehead atoms. The number of halogens is 4. The second-order valence-corrected chi connectivity index (χ2v) is 8.08. The van der Waals surface area contributed by atoms with Gasteiger partial charge in [-0.3, -0.25) is 4.79 Å². The maximum atomic E-state index is 13.5. The Morgan fingerprint density at radius 2 is 1.97 bits per heavy atom. The predicted octanol–water partition coefficient (Wildman–Crippen LogP) is 5.14. The van der Waals surface area contributed by atoms with E-state index in [1.807, 2.05) is 12.3 Å². The highest BCUT2D eigenvalue weighted by molar-refractivity contribution is 5.97. The molecule has 1 aliphatic rings. The normalized spacial score (nSPS) is 14.5. The summed E-state index contributed by atoms with van der Waals surface area (Å²) in [6.07, 6.45) is 2.13. The number of hydrogen-bond donors (Lipinski definition) is 1. The number of aromatic nitrogens is 4. The lowest BCUT2D eigenvalue weighted by Crippen LogP contribution is -2.34. The van der Waals surface area contributed by atoms with Gasteiger partial charge >= 0.3 is 6.18 Å². The lowest BCUT2D eigenvalue weighted by atomic mass is 9.98. The third-order valence-corrected chi connectivity index (χ3v) is 6.02. The molecule has 0 spiro atoms. The number of fused-ring (bicyclic) bond motifs is 1. The van der Waals surface area contributed by atoms with E-state index in [0.717, 1.165) is 28.8 Å². The average molecular weight is 469 g/mol. The zero-order chi connectivity index (χ0) is 24.0. The number of rotatable bonds is 3. The standard InChI is InChI=1S/C24H19F4N5O/c1-14-19(13-31-33(14)22-5-2-16(11-30-22)24(26,27)28)23(34)32-8-6-15(7-9-32)20-12-29-21-10-17(25)3-4-18(20)21/h2-6,10-13,29H,7-9H2,1H3. The van der Waals surface area contributed by atoms with Crippen LogP contribution < -0.4 is 0 Å². The van der Waals surface area contributed by atoms with Crippen molar-refractivity contribution < 1.29 is 22.4 Å². The van der Waals surface area contributed by atoms with Gasteiger partial charge < -0.3 is 9.88 Å². The molecule has 5 rings (SSSR count). The number of hydrogen-bond acceptors (Lipinski definition) is 3. The summed E-state index contributed by atoms with van der Waals surface area (Å²) < 4.78 is 53.2. The number of H-pyrrole nitrogens is 1. The van der Waals surface area contributed by atoms with E-state index in [9.17, 15) is 22.4 Å². The van der Waals surface area contributed by atoms with Crippen LogP contribution in [0.1, 0.15) is 33.6 Å².